The molecule has 0 unspecified atom stereocenters. The van der Waals surface area contributed by atoms with E-state index in [-0.39, 0.29) is 12.1 Å². The standard InChI is InChI=1S/C17H17NO2/c19-17-18(12-7-13-20-17)16(14-8-3-1-4-9-14)15-10-5-2-6-11-15/h1-6,8-11,16H,7,12-13H2. The molecule has 0 saturated carbocycles. The van der Waals surface area contributed by atoms with Gasteiger partial charge in [0.2, 0.25) is 0 Å². The Balaban J connectivity index is 2.02. The van der Waals surface area contributed by atoms with E-state index in [1.54, 1.807) is 0 Å². The van der Waals surface area contributed by atoms with Crippen LogP contribution in [0, 0.1) is 0 Å². The summed E-state index contributed by atoms with van der Waals surface area (Å²) in [4.78, 5) is 13.9. The summed E-state index contributed by atoms with van der Waals surface area (Å²) in [5.74, 6) is 0. The van der Waals surface area contributed by atoms with Gasteiger partial charge >= 0.3 is 6.09 Å². The van der Waals surface area contributed by atoms with Gasteiger partial charge in [-0.25, -0.2) is 4.79 Å². The van der Waals surface area contributed by atoms with Gasteiger partial charge in [0.1, 0.15) is 0 Å². The summed E-state index contributed by atoms with van der Waals surface area (Å²) < 4.78 is 5.20. The summed E-state index contributed by atoms with van der Waals surface area (Å²) in [6.07, 6.45) is 0.649. The molecule has 1 fully saturated rings. The maximum Gasteiger partial charge on any atom is 0.410 e. The van der Waals surface area contributed by atoms with Crippen LogP contribution in [-0.4, -0.2) is 24.1 Å². The predicted octanol–water partition coefficient (Wildman–Crippen LogP) is 3.62. The lowest BCUT2D eigenvalue weighted by molar-refractivity contribution is 0.0614. The SMILES string of the molecule is O=C1OCCCN1C(c1ccccc1)c1ccccc1. The molecule has 3 nitrogen and oxygen atoms in total. The second kappa shape index (κ2) is 5.78. The number of carbonyl (C=O) groups is 1. The van der Waals surface area contributed by atoms with Crippen molar-refractivity contribution < 1.29 is 9.53 Å². The number of ether oxygens (including phenoxy) is 1. The Kier molecular flexibility index (Phi) is 3.68. The number of amides is 1. The normalized spacial score (nSPS) is 15.2. The van der Waals surface area contributed by atoms with Gasteiger partial charge in [0.25, 0.3) is 0 Å². The van der Waals surface area contributed by atoms with Crippen molar-refractivity contribution in [3.05, 3.63) is 71.8 Å². The highest BCUT2D eigenvalue weighted by Gasteiger charge is 2.29. The van der Waals surface area contributed by atoms with Crippen molar-refractivity contribution in [3.63, 3.8) is 0 Å². The number of rotatable bonds is 3. The van der Waals surface area contributed by atoms with Gasteiger partial charge < -0.3 is 4.74 Å². The number of carbonyl (C=O) groups excluding carboxylic acids is 1. The molecule has 2 aromatic carbocycles. The molecule has 0 aromatic heterocycles. The predicted molar refractivity (Wildman–Crippen MR) is 77.4 cm³/mol. The van der Waals surface area contributed by atoms with Gasteiger partial charge in [-0.2, -0.15) is 0 Å². The van der Waals surface area contributed by atoms with Crippen molar-refractivity contribution in [2.45, 2.75) is 12.5 Å². The highest BCUT2D eigenvalue weighted by molar-refractivity contribution is 5.69. The fraction of sp³-hybridized carbons (Fsp3) is 0.235. The Morgan fingerprint density at radius 1 is 0.900 bits per heavy atom. The minimum Gasteiger partial charge on any atom is -0.449 e. The molecule has 102 valence electrons. The molecule has 1 amide bonds. The first-order chi connectivity index (χ1) is 9.86. The summed E-state index contributed by atoms with van der Waals surface area (Å²) in [6, 6.07) is 20.1. The quantitative estimate of drug-likeness (QED) is 0.850. The molecule has 0 bridgehead atoms. The van der Waals surface area contributed by atoms with E-state index in [0.717, 1.165) is 24.1 Å². The van der Waals surface area contributed by atoms with E-state index >= 15 is 0 Å². The van der Waals surface area contributed by atoms with Crippen LogP contribution in [0.3, 0.4) is 0 Å². The molecule has 1 saturated heterocycles. The third-order valence-corrected chi connectivity index (χ3v) is 3.55. The van der Waals surface area contributed by atoms with E-state index in [9.17, 15) is 4.79 Å². The third kappa shape index (κ3) is 2.52. The molecule has 20 heavy (non-hydrogen) atoms. The fourth-order valence-corrected chi connectivity index (χ4v) is 2.63. The zero-order valence-electron chi connectivity index (χ0n) is 11.2. The van der Waals surface area contributed by atoms with Crippen LogP contribution in [0.15, 0.2) is 60.7 Å². The molecule has 0 aliphatic carbocycles. The van der Waals surface area contributed by atoms with E-state index in [1.165, 1.54) is 0 Å². The Morgan fingerprint density at radius 3 is 1.95 bits per heavy atom. The average molecular weight is 267 g/mol. The van der Waals surface area contributed by atoms with Crippen LogP contribution in [-0.2, 0) is 4.74 Å². The Hall–Kier alpha value is -2.29. The number of benzene rings is 2. The van der Waals surface area contributed by atoms with Crippen LogP contribution in [0.5, 0.6) is 0 Å². The average Bonchev–Trinajstić information content (AvgIpc) is 2.52. The molecule has 0 N–H and O–H groups in total. The molecule has 3 rings (SSSR count). The van der Waals surface area contributed by atoms with E-state index in [1.807, 2.05) is 41.3 Å². The molecule has 2 aromatic rings. The summed E-state index contributed by atoms with van der Waals surface area (Å²) in [7, 11) is 0. The zero-order chi connectivity index (χ0) is 13.8. The van der Waals surface area contributed by atoms with Crippen LogP contribution in [0.4, 0.5) is 4.79 Å². The van der Waals surface area contributed by atoms with Crippen molar-refractivity contribution in [1.29, 1.82) is 0 Å². The van der Waals surface area contributed by atoms with Crippen LogP contribution in [0.1, 0.15) is 23.6 Å². The Morgan fingerprint density at radius 2 is 1.45 bits per heavy atom. The van der Waals surface area contributed by atoms with Gasteiger partial charge in [-0.05, 0) is 17.5 Å². The maximum absolute atomic E-state index is 12.1. The number of hydrogen-bond donors (Lipinski definition) is 0. The van der Waals surface area contributed by atoms with Gasteiger partial charge in [0.15, 0.2) is 0 Å². The number of nitrogens with zero attached hydrogens (tertiary/aromatic N) is 1. The van der Waals surface area contributed by atoms with E-state index in [4.69, 9.17) is 4.74 Å². The summed E-state index contributed by atoms with van der Waals surface area (Å²) >= 11 is 0. The van der Waals surface area contributed by atoms with E-state index in [0.29, 0.717) is 6.61 Å². The van der Waals surface area contributed by atoms with Gasteiger partial charge in [-0.15, -0.1) is 0 Å². The van der Waals surface area contributed by atoms with Crippen molar-refractivity contribution >= 4 is 6.09 Å². The smallest absolute Gasteiger partial charge is 0.410 e. The molecular weight excluding hydrogens is 250 g/mol. The van der Waals surface area contributed by atoms with Crippen LogP contribution < -0.4 is 0 Å². The lowest BCUT2D eigenvalue weighted by Crippen LogP contribution is -2.40. The summed E-state index contributed by atoms with van der Waals surface area (Å²) in [6.45, 7) is 1.25. The molecule has 0 spiro atoms. The lowest BCUT2D eigenvalue weighted by atomic mass is 9.97. The van der Waals surface area contributed by atoms with Crippen molar-refractivity contribution in [2.75, 3.05) is 13.2 Å². The minimum atomic E-state index is -0.228. The van der Waals surface area contributed by atoms with E-state index in [2.05, 4.69) is 24.3 Å². The Bertz CT molecular complexity index is 529. The molecule has 1 aliphatic heterocycles. The van der Waals surface area contributed by atoms with E-state index < -0.39 is 0 Å². The second-order valence-electron chi connectivity index (χ2n) is 4.89. The monoisotopic (exact) mass is 267 g/mol. The maximum atomic E-state index is 12.1. The summed E-state index contributed by atoms with van der Waals surface area (Å²) in [5.41, 5.74) is 2.22. The largest absolute Gasteiger partial charge is 0.449 e. The number of cyclic esters (lactones) is 1. The molecule has 0 radical (unpaired) electrons. The van der Waals surface area contributed by atoms with Crippen molar-refractivity contribution in [3.8, 4) is 0 Å². The first-order valence-corrected chi connectivity index (χ1v) is 6.89. The van der Waals surface area contributed by atoms with Crippen molar-refractivity contribution in [1.82, 2.24) is 4.90 Å². The second-order valence-corrected chi connectivity index (χ2v) is 4.89. The topological polar surface area (TPSA) is 29.5 Å². The minimum absolute atomic E-state index is 0.0785. The summed E-state index contributed by atoms with van der Waals surface area (Å²) in [5, 5.41) is 0. The fourth-order valence-electron chi connectivity index (χ4n) is 2.63. The van der Waals surface area contributed by atoms with Gasteiger partial charge in [0, 0.05) is 6.54 Å². The highest BCUT2D eigenvalue weighted by Crippen LogP contribution is 2.30. The lowest BCUT2D eigenvalue weighted by Gasteiger charge is -2.34. The van der Waals surface area contributed by atoms with Crippen LogP contribution in [0.2, 0.25) is 0 Å². The van der Waals surface area contributed by atoms with Crippen LogP contribution in [0.25, 0.3) is 0 Å². The highest BCUT2D eigenvalue weighted by atomic mass is 16.6. The molecule has 1 heterocycles. The molecular formula is C17H17NO2. The third-order valence-electron chi connectivity index (χ3n) is 3.55. The van der Waals surface area contributed by atoms with Gasteiger partial charge in [-0.1, -0.05) is 60.7 Å². The van der Waals surface area contributed by atoms with Gasteiger partial charge in [0.05, 0.1) is 12.6 Å². The zero-order valence-corrected chi connectivity index (χ0v) is 11.2. The van der Waals surface area contributed by atoms with Crippen molar-refractivity contribution in [2.24, 2.45) is 0 Å². The number of hydrogen-bond acceptors (Lipinski definition) is 2. The van der Waals surface area contributed by atoms with Crippen LogP contribution >= 0.6 is 0 Å². The molecule has 3 heteroatoms. The molecule has 0 atom stereocenters. The first-order valence-electron chi connectivity index (χ1n) is 6.89. The van der Waals surface area contributed by atoms with Gasteiger partial charge in [-0.3, -0.25) is 4.90 Å². The molecule has 1 aliphatic rings. The Labute approximate surface area is 118 Å². The first kappa shape index (κ1) is 12.7.